The minimum Gasteiger partial charge on any atom is -0.444 e. The summed E-state index contributed by atoms with van der Waals surface area (Å²) in [6.45, 7) is 8.19. The van der Waals surface area contributed by atoms with Crippen molar-refractivity contribution in [2.75, 3.05) is 26.3 Å². The number of benzene rings is 1. The van der Waals surface area contributed by atoms with Crippen molar-refractivity contribution < 1.29 is 19.1 Å². The van der Waals surface area contributed by atoms with Crippen molar-refractivity contribution in [3.8, 4) is 0 Å². The van der Waals surface area contributed by atoms with E-state index in [1.807, 2.05) is 49.8 Å². The highest BCUT2D eigenvalue weighted by Gasteiger charge is 2.58. The zero-order chi connectivity index (χ0) is 20.3. The highest BCUT2D eigenvalue weighted by atomic mass is 16.6. The van der Waals surface area contributed by atoms with Crippen LogP contribution < -0.4 is 5.32 Å². The number of amides is 2. The number of rotatable bonds is 3. The Morgan fingerprint density at radius 2 is 1.93 bits per heavy atom. The van der Waals surface area contributed by atoms with Gasteiger partial charge in [0, 0.05) is 41.9 Å². The molecule has 3 atom stereocenters. The number of aromatic nitrogens is 2. The zero-order valence-electron chi connectivity index (χ0n) is 16.9. The van der Waals surface area contributed by atoms with Crippen LogP contribution in [0.15, 0.2) is 24.4 Å². The third-order valence-corrected chi connectivity index (χ3v) is 5.97. The van der Waals surface area contributed by atoms with Crippen LogP contribution in [0.2, 0.25) is 0 Å². The number of ether oxygens (including phenoxy) is 2. The van der Waals surface area contributed by atoms with Gasteiger partial charge >= 0.3 is 6.09 Å². The van der Waals surface area contributed by atoms with E-state index in [1.165, 1.54) is 0 Å². The molecule has 0 bridgehead atoms. The molecule has 29 heavy (non-hydrogen) atoms. The van der Waals surface area contributed by atoms with Crippen LogP contribution >= 0.6 is 0 Å². The number of likely N-dealkylation sites (tertiary alicyclic amines) is 1. The topological polar surface area (TPSA) is 85.7 Å². The van der Waals surface area contributed by atoms with Gasteiger partial charge in [-0.15, -0.1) is 0 Å². The molecule has 154 valence electrons. The second-order valence-corrected chi connectivity index (χ2v) is 9.27. The van der Waals surface area contributed by atoms with Crippen molar-refractivity contribution in [3.63, 3.8) is 0 Å². The largest absolute Gasteiger partial charge is 0.444 e. The van der Waals surface area contributed by atoms with Gasteiger partial charge in [-0.25, -0.2) is 4.79 Å². The van der Waals surface area contributed by atoms with Crippen LogP contribution in [0.3, 0.4) is 0 Å². The molecule has 3 heterocycles. The van der Waals surface area contributed by atoms with Crippen LogP contribution in [-0.4, -0.2) is 64.6 Å². The zero-order valence-corrected chi connectivity index (χ0v) is 16.9. The first-order valence-corrected chi connectivity index (χ1v) is 10.1. The fourth-order valence-corrected chi connectivity index (χ4v) is 4.29. The Hall–Kier alpha value is -2.61. The van der Waals surface area contributed by atoms with Crippen molar-refractivity contribution in [3.05, 3.63) is 30.0 Å². The summed E-state index contributed by atoms with van der Waals surface area (Å²) in [5.41, 5.74) is 1.10. The van der Waals surface area contributed by atoms with Gasteiger partial charge in [-0.2, -0.15) is 5.10 Å². The Labute approximate surface area is 169 Å². The summed E-state index contributed by atoms with van der Waals surface area (Å²) in [4.78, 5) is 26.7. The summed E-state index contributed by atoms with van der Waals surface area (Å²) in [6.07, 6.45) is 1.56. The van der Waals surface area contributed by atoms with E-state index in [2.05, 4.69) is 10.4 Å². The van der Waals surface area contributed by atoms with Gasteiger partial charge in [0.05, 0.1) is 31.0 Å². The second kappa shape index (κ2) is 6.45. The predicted octanol–water partition coefficient (Wildman–Crippen LogP) is 2.20. The monoisotopic (exact) mass is 398 g/mol. The van der Waals surface area contributed by atoms with Crippen LogP contribution in [-0.2, 0) is 9.47 Å². The van der Waals surface area contributed by atoms with Gasteiger partial charge in [0.15, 0.2) is 0 Å². The minimum absolute atomic E-state index is 0.0762. The second-order valence-electron chi connectivity index (χ2n) is 9.27. The molecule has 1 N–H and O–H groups in total. The maximum Gasteiger partial charge on any atom is 0.410 e. The number of hydrogen-bond acceptors (Lipinski definition) is 5. The molecule has 0 spiro atoms. The Morgan fingerprint density at radius 3 is 2.55 bits per heavy atom. The standard InChI is InChI=1S/C21H26N4O4/c1-21(2,3)29-20(27)24-8-15-16(9-24)18(15)23-19(26)12-4-5-13-7-22-25(17(13)6-12)14-10-28-11-14/h4-7,14-16,18H,8-11H2,1-3H3,(H,23,26)/t15-,16+,18?. The predicted molar refractivity (Wildman–Crippen MR) is 106 cm³/mol. The third kappa shape index (κ3) is 3.35. The highest BCUT2D eigenvalue weighted by Crippen LogP contribution is 2.46. The summed E-state index contributed by atoms with van der Waals surface area (Å²) in [6, 6.07) is 6.05. The lowest BCUT2D eigenvalue weighted by molar-refractivity contribution is -0.0266. The molecule has 2 saturated heterocycles. The number of carbonyl (C=O) groups excluding carboxylic acids is 2. The highest BCUT2D eigenvalue weighted by molar-refractivity contribution is 5.98. The van der Waals surface area contributed by atoms with Crippen molar-refractivity contribution >= 4 is 22.9 Å². The number of nitrogens with zero attached hydrogens (tertiary/aromatic N) is 3. The molecule has 8 heteroatoms. The molecular weight excluding hydrogens is 372 g/mol. The van der Waals surface area contributed by atoms with E-state index < -0.39 is 5.60 Å². The SMILES string of the molecule is CC(C)(C)OC(=O)N1C[C@@H]2C(NC(=O)c3ccc4cnn(C5COC5)c4c3)[C@@H]2C1. The number of nitrogens with one attached hydrogen (secondary N) is 1. The van der Waals surface area contributed by atoms with Crippen molar-refractivity contribution in [2.24, 2.45) is 11.8 Å². The van der Waals surface area contributed by atoms with E-state index in [1.54, 1.807) is 4.90 Å². The lowest BCUT2D eigenvalue weighted by atomic mass is 10.1. The maximum atomic E-state index is 12.8. The Bertz CT molecular complexity index is 963. The summed E-state index contributed by atoms with van der Waals surface area (Å²) < 4.78 is 12.6. The smallest absolute Gasteiger partial charge is 0.410 e. The van der Waals surface area contributed by atoms with Gasteiger partial charge in [-0.05, 0) is 32.9 Å². The van der Waals surface area contributed by atoms with Crippen molar-refractivity contribution in [2.45, 2.75) is 38.5 Å². The Balaban J connectivity index is 1.21. The summed E-state index contributed by atoms with van der Waals surface area (Å²) >= 11 is 0. The van der Waals surface area contributed by atoms with E-state index in [9.17, 15) is 9.59 Å². The average Bonchev–Trinajstić information content (AvgIpc) is 2.98. The van der Waals surface area contributed by atoms with Crippen LogP contribution in [0.1, 0.15) is 37.2 Å². The number of hydrogen-bond donors (Lipinski definition) is 1. The first-order valence-electron chi connectivity index (χ1n) is 10.1. The van der Waals surface area contributed by atoms with E-state index in [0.717, 1.165) is 10.9 Å². The van der Waals surface area contributed by atoms with Gasteiger partial charge in [0.2, 0.25) is 0 Å². The molecule has 1 unspecified atom stereocenters. The fourth-order valence-electron chi connectivity index (χ4n) is 4.29. The Morgan fingerprint density at radius 1 is 1.21 bits per heavy atom. The average molecular weight is 398 g/mol. The molecule has 3 aliphatic rings. The van der Waals surface area contributed by atoms with Crippen LogP contribution in [0.25, 0.3) is 10.9 Å². The maximum absolute atomic E-state index is 12.8. The molecule has 3 fully saturated rings. The van der Waals surface area contributed by atoms with E-state index in [-0.39, 0.29) is 24.1 Å². The lowest BCUT2D eigenvalue weighted by Crippen LogP contribution is -2.40. The van der Waals surface area contributed by atoms with E-state index in [4.69, 9.17) is 9.47 Å². The van der Waals surface area contributed by atoms with Crippen LogP contribution in [0.4, 0.5) is 4.79 Å². The van der Waals surface area contributed by atoms with E-state index in [0.29, 0.717) is 43.7 Å². The fraction of sp³-hybridized carbons (Fsp3) is 0.571. The molecule has 0 radical (unpaired) electrons. The first kappa shape index (κ1) is 18.4. The van der Waals surface area contributed by atoms with Crippen molar-refractivity contribution in [1.82, 2.24) is 20.0 Å². The lowest BCUT2D eigenvalue weighted by Gasteiger charge is -2.26. The van der Waals surface area contributed by atoms with Crippen molar-refractivity contribution in [1.29, 1.82) is 0 Å². The third-order valence-electron chi connectivity index (χ3n) is 5.97. The van der Waals surface area contributed by atoms with Crippen LogP contribution in [0, 0.1) is 11.8 Å². The molecule has 5 rings (SSSR count). The number of piperidine rings is 1. The number of carbonyl (C=O) groups is 2. The first-order chi connectivity index (χ1) is 13.8. The molecule has 1 saturated carbocycles. The Kier molecular flexibility index (Phi) is 4.10. The molecule has 1 aromatic heterocycles. The van der Waals surface area contributed by atoms with Gasteiger partial charge < -0.3 is 19.7 Å². The molecule has 2 aromatic rings. The summed E-state index contributed by atoms with van der Waals surface area (Å²) in [5.74, 6) is 0.549. The van der Waals surface area contributed by atoms with Gasteiger partial charge in [0.25, 0.3) is 5.91 Å². The molecule has 8 nitrogen and oxygen atoms in total. The number of fused-ring (bicyclic) bond motifs is 2. The van der Waals surface area contributed by atoms with Gasteiger partial charge in [-0.3, -0.25) is 9.48 Å². The quantitative estimate of drug-likeness (QED) is 0.857. The molecular formula is C21H26N4O4. The summed E-state index contributed by atoms with van der Waals surface area (Å²) in [7, 11) is 0. The minimum atomic E-state index is -0.492. The molecule has 2 aliphatic heterocycles. The van der Waals surface area contributed by atoms with Crippen LogP contribution in [0.5, 0.6) is 0 Å². The van der Waals surface area contributed by atoms with E-state index >= 15 is 0 Å². The molecule has 1 aromatic carbocycles. The molecule has 1 aliphatic carbocycles. The van der Waals surface area contributed by atoms with Gasteiger partial charge in [0.1, 0.15) is 5.60 Å². The molecule has 2 amide bonds. The normalized spacial score (nSPS) is 26.2. The van der Waals surface area contributed by atoms with Gasteiger partial charge in [-0.1, -0.05) is 6.07 Å². The summed E-state index contributed by atoms with van der Waals surface area (Å²) in [5, 5.41) is 8.60.